The molecular weight excluding hydrogens is 1220 g/mol. The van der Waals surface area contributed by atoms with Crippen LogP contribution in [0, 0.1) is 83.1 Å². The molecule has 0 heterocycles. The van der Waals surface area contributed by atoms with E-state index in [2.05, 4.69) is 107 Å². The van der Waals surface area contributed by atoms with Crippen molar-refractivity contribution in [2.24, 2.45) is 0 Å². The zero-order valence-electron chi connectivity index (χ0n) is 58.7. The van der Waals surface area contributed by atoms with Gasteiger partial charge in [-0.15, -0.1) is 0 Å². The van der Waals surface area contributed by atoms with Crippen LogP contribution in [0.4, 0.5) is 0 Å². The molecule has 0 amide bonds. The Morgan fingerprint density at radius 3 is 0.939 bits per heavy atom. The van der Waals surface area contributed by atoms with E-state index in [1.807, 2.05) is 273 Å². The van der Waals surface area contributed by atoms with Gasteiger partial charge < -0.3 is 4.74 Å². The number of aryl methyl sites for hydroxylation is 13. The molecule has 0 aliphatic carbocycles. The lowest BCUT2D eigenvalue weighted by atomic mass is 10.0. The van der Waals surface area contributed by atoms with Crippen LogP contribution in [-0.2, 0) is 6.42 Å². The van der Waals surface area contributed by atoms with Crippen LogP contribution < -0.4 is 4.74 Å². The van der Waals surface area contributed by atoms with E-state index in [1.165, 1.54) is 65.4 Å². The van der Waals surface area contributed by atoms with Crippen LogP contribution in [0.2, 0.25) is 0 Å². The van der Waals surface area contributed by atoms with E-state index in [0.717, 1.165) is 73.6 Å². The van der Waals surface area contributed by atoms with Crippen molar-refractivity contribution < 1.29 is 23.9 Å². The lowest BCUT2D eigenvalue weighted by Crippen LogP contribution is -2.01. The summed E-state index contributed by atoms with van der Waals surface area (Å²) in [7, 11) is 0. The van der Waals surface area contributed by atoms with Gasteiger partial charge in [0.1, 0.15) is 11.5 Å². The number of benzene rings is 12. The Bertz CT molecular complexity index is 4200. The summed E-state index contributed by atoms with van der Waals surface area (Å²) in [4.78, 5) is 50.7. The van der Waals surface area contributed by atoms with Crippen LogP contribution in [0.25, 0.3) is 6.08 Å². The van der Waals surface area contributed by atoms with Gasteiger partial charge in [0, 0.05) is 49.6 Å². The Hall–Kier alpha value is -10.8. The number of ether oxygens (including phenoxy) is 1. The average Bonchev–Trinajstić information content (AvgIpc) is 0.901. The monoisotopic (exact) mass is 1310 g/mol. The minimum atomic E-state index is 0.0376. The van der Waals surface area contributed by atoms with Crippen LogP contribution in [0.1, 0.15) is 137 Å². The van der Waals surface area contributed by atoms with Gasteiger partial charge in [-0.2, -0.15) is 0 Å². The lowest BCUT2D eigenvalue weighted by Gasteiger charge is -2.05. The van der Waals surface area contributed by atoms with E-state index >= 15 is 0 Å². The Kier molecular flexibility index (Phi) is 29.4. The van der Waals surface area contributed by atoms with Gasteiger partial charge in [-0.1, -0.05) is 315 Å². The molecule has 494 valence electrons. The first-order valence-electron chi connectivity index (χ1n) is 33.1. The maximum atomic E-state index is 12.1. The minimum Gasteiger partial charge on any atom is -0.457 e. The molecule has 0 aliphatic heterocycles. The predicted octanol–water partition coefficient (Wildman–Crippen LogP) is 23.9. The van der Waals surface area contributed by atoms with Crippen molar-refractivity contribution in [1.82, 2.24) is 0 Å². The minimum absolute atomic E-state index is 0.0376. The van der Waals surface area contributed by atoms with Gasteiger partial charge in [-0.25, -0.2) is 0 Å². The van der Waals surface area contributed by atoms with Crippen molar-refractivity contribution >= 4 is 41.0 Å². The number of hydrogen-bond acceptors (Lipinski definition) is 6. The molecule has 0 bridgehead atoms. The predicted molar refractivity (Wildman–Crippen MR) is 411 cm³/mol. The molecule has 0 atom stereocenters. The molecule has 0 saturated carbocycles. The molecule has 0 fully saturated rings. The first kappa shape index (κ1) is 74.6. The number of carbonyl (C=O) groups is 4. The summed E-state index contributed by atoms with van der Waals surface area (Å²) in [5.41, 5.74) is 21.3. The fourth-order valence-corrected chi connectivity index (χ4v) is 10.4. The van der Waals surface area contributed by atoms with Gasteiger partial charge in [0.2, 0.25) is 0 Å². The Balaban J connectivity index is 0.000000166. The maximum Gasteiger partial charge on any atom is 0.193 e. The van der Waals surface area contributed by atoms with Crippen LogP contribution >= 0.6 is 11.8 Å². The summed E-state index contributed by atoms with van der Waals surface area (Å²) in [6.07, 6.45) is 4.86. The van der Waals surface area contributed by atoms with Gasteiger partial charge >= 0.3 is 0 Å². The summed E-state index contributed by atoms with van der Waals surface area (Å²) in [5.74, 6) is 2.19. The number of rotatable bonds is 15. The third-order valence-electron chi connectivity index (χ3n) is 15.7. The Morgan fingerprint density at radius 1 is 0.296 bits per heavy atom. The topological polar surface area (TPSA) is 77.5 Å². The van der Waals surface area contributed by atoms with Gasteiger partial charge in [-0.3, -0.25) is 19.2 Å². The van der Waals surface area contributed by atoms with Gasteiger partial charge in [0.25, 0.3) is 0 Å². The molecule has 0 spiro atoms. The molecule has 0 N–H and O–H groups in total. The summed E-state index contributed by atoms with van der Waals surface area (Å²) in [5, 5.41) is 0. The first-order valence-corrected chi connectivity index (χ1v) is 33.9. The van der Waals surface area contributed by atoms with Gasteiger partial charge in [0.15, 0.2) is 23.1 Å². The van der Waals surface area contributed by atoms with Gasteiger partial charge in [-0.05, 0) is 167 Å². The quantitative estimate of drug-likeness (QED) is 0.0752. The molecule has 12 aromatic rings. The summed E-state index contributed by atoms with van der Waals surface area (Å²) in [6.45, 7) is 24.5. The molecule has 0 aromatic heterocycles. The molecule has 12 aromatic carbocycles. The summed E-state index contributed by atoms with van der Waals surface area (Å²) < 4.78 is 5.69. The van der Waals surface area contributed by atoms with E-state index in [1.54, 1.807) is 17.8 Å². The molecule has 5 nitrogen and oxygen atoms in total. The second kappa shape index (κ2) is 38.7. The van der Waals surface area contributed by atoms with Crippen LogP contribution in [0.15, 0.2) is 307 Å². The largest absolute Gasteiger partial charge is 0.457 e. The first-order chi connectivity index (χ1) is 47.1. The molecule has 12 rings (SSSR count). The zero-order chi connectivity index (χ0) is 70.3. The number of carbonyl (C=O) groups excluding carboxylic acids is 4. The highest BCUT2D eigenvalue weighted by Gasteiger charge is 2.11. The van der Waals surface area contributed by atoms with Crippen molar-refractivity contribution in [2.75, 3.05) is 0 Å². The summed E-state index contributed by atoms with van der Waals surface area (Å²) in [6, 6.07) is 95.9. The highest BCUT2D eigenvalue weighted by molar-refractivity contribution is 7.99. The molecule has 0 saturated heterocycles. The van der Waals surface area contributed by atoms with Crippen LogP contribution in [-0.4, -0.2) is 23.1 Å². The second-order valence-corrected chi connectivity index (χ2v) is 26.0. The lowest BCUT2D eigenvalue weighted by molar-refractivity contribution is 0.0980. The normalized spacial score (nSPS) is 10.3. The van der Waals surface area contributed by atoms with E-state index in [9.17, 15) is 19.2 Å². The standard InChI is InChI=1S/C17H18O.C17H16O.2C15H14O.C14H14O.C14H14S/c2*1-13-3-7-15(8-4-13)9-12-17(18)16-10-5-14(2)6-11-16;2*1-11-6-8-13(9-7-11)15(16)14-5-3-4-12(2)10-14;2*1-11-3-7-13(8-4-11)15-14-9-5-12(2)6-10-14/h3-8,10-11H,9,12H2,1-2H3;3-12H,1-2H3;2*3-10H,1-2H3;2*3-10H,1-2H3. The number of hydrogen-bond donors (Lipinski definition) is 0. The zero-order valence-corrected chi connectivity index (χ0v) is 59.5. The van der Waals surface area contributed by atoms with E-state index in [4.69, 9.17) is 4.74 Å². The maximum absolute atomic E-state index is 12.1. The Morgan fingerprint density at radius 2 is 0.592 bits per heavy atom. The molecule has 98 heavy (non-hydrogen) atoms. The smallest absolute Gasteiger partial charge is 0.193 e. The van der Waals surface area contributed by atoms with Crippen LogP contribution in [0.5, 0.6) is 11.5 Å². The van der Waals surface area contributed by atoms with E-state index in [-0.39, 0.29) is 23.1 Å². The average molecular weight is 1310 g/mol. The fourth-order valence-electron chi connectivity index (χ4n) is 9.57. The Labute approximate surface area is 587 Å². The molecule has 0 aliphatic rings. The molecule has 0 radical (unpaired) electrons. The third-order valence-corrected chi connectivity index (χ3v) is 16.7. The summed E-state index contributed by atoms with van der Waals surface area (Å²) >= 11 is 1.80. The molecule has 6 heteroatoms. The highest BCUT2D eigenvalue weighted by atomic mass is 32.2. The number of Topliss-reactive ketones (excluding diaryl/α,β-unsaturated/α-hetero) is 1. The number of ketones is 4. The van der Waals surface area contributed by atoms with Crippen molar-refractivity contribution in [3.05, 3.63) is 409 Å². The highest BCUT2D eigenvalue weighted by Crippen LogP contribution is 2.28. The fraction of sp³-hybridized carbons (Fsp3) is 0.152. The van der Waals surface area contributed by atoms with Crippen molar-refractivity contribution in [2.45, 2.75) is 106 Å². The van der Waals surface area contributed by atoms with Gasteiger partial charge in [0.05, 0.1) is 0 Å². The van der Waals surface area contributed by atoms with E-state index < -0.39 is 0 Å². The van der Waals surface area contributed by atoms with Crippen molar-refractivity contribution in [1.29, 1.82) is 0 Å². The molecule has 0 unspecified atom stereocenters. The van der Waals surface area contributed by atoms with Crippen molar-refractivity contribution in [3.63, 3.8) is 0 Å². The number of allylic oxidation sites excluding steroid dienone is 1. The molecular formula is C92H90O5S. The SMILES string of the molecule is Cc1ccc(C(=O)c2cccc(C)c2)cc1.Cc1ccc(C(=O)c2cccc(C)c2)cc1.Cc1ccc(C=CC(=O)c2ccc(C)cc2)cc1.Cc1ccc(CCC(=O)c2ccc(C)cc2)cc1.Cc1ccc(Oc2ccc(C)cc2)cc1.Cc1ccc(Sc2ccc(C)cc2)cc1. The van der Waals surface area contributed by atoms with Crippen LogP contribution in [0.3, 0.4) is 0 Å². The van der Waals surface area contributed by atoms with Crippen molar-refractivity contribution in [3.8, 4) is 11.5 Å². The third kappa shape index (κ3) is 26.4. The second-order valence-electron chi connectivity index (χ2n) is 24.8. The van der Waals surface area contributed by atoms with E-state index in [0.29, 0.717) is 6.42 Å².